The highest BCUT2D eigenvalue weighted by atomic mass is 16.2. The van der Waals surface area contributed by atoms with Crippen LogP contribution in [0.5, 0.6) is 0 Å². The first-order valence-electron chi connectivity index (χ1n) is 5.32. The Hall–Kier alpha value is -1.04. The molecule has 3 heteroatoms. The van der Waals surface area contributed by atoms with E-state index in [1.807, 2.05) is 25.7 Å². The van der Waals surface area contributed by atoms with Gasteiger partial charge in [0.1, 0.15) is 0 Å². The summed E-state index contributed by atoms with van der Waals surface area (Å²) in [7, 11) is 0. The fourth-order valence-electron chi connectivity index (χ4n) is 2.24. The first-order chi connectivity index (χ1) is 6.61. The van der Waals surface area contributed by atoms with E-state index in [1.54, 1.807) is 0 Å². The van der Waals surface area contributed by atoms with Gasteiger partial charge in [-0.25, -0.2) is 0 Å². The standard InChI is InChI=1S/C11H18N2O/c1-4-9(7-12)10-5-6-11(14)13(10)8(2)3/h8-10H,4-6H2,1-3H3. The number of amides is 1. The summed E-state index contributed by atoms with van der Waals surface area (Å²) in [6.07, 6.45) is 2.29. The zero-order valence-electron chi connectivity index (χ0n) is 9.16. The lowest BCUT2D eigenvalue weighted by Gasteiger charge is -2.31. The number of carbonyl (C=O) groups is 1. The predicted octanol–water partition coefficient (Wildman–Crippen LogP) is 1.94. The van der Waals surface area contributed by atoms with Gasteiger partial charge in [0, 0.05) is 18.5 Å². The predicted molar refractivity (Wildman–Crippen MR) is 54.4 cm³/mol. The smallest absolute Gasteiger partial charge is 0.223 e. The second kappa shape index (κ2) is 4.45. The first kappa shape index (κ1) is 11.0. The van der Waals surface area contributed by atoms with Gasteiger partial charge in [0.2, 0.25) is 5.91 Å². The molecule has 1 rings (SSSR count). The largest absolute Gasteiger partial charge is 0.336 e. The van der Waals surface area contributed by atoms with Gasteiger partial charge in [0.05, 0.1) is 12.0 Å². The summed E-state index contributed by atoms with van der Waals surface area (Å²) >= 11 is 0. The molecule has 1 saturated heterocycles. The fourth-order valence-corrected chi connectivity index (χ4v) is 2.24. The zero-order chi connectivity index (χ0) is 10.7. The normalized spacial score (nSPS) is 24.1. The third-order valence-electron chi connectivity index (χ3n) is 2.93. The maximum atomic E-state index is 11.6. The Bertz CT molecular complexity index is 255. The van der Waals surface area contributed by atoms with Gasteiger partial charge in [-0.15, -0.1) is 0 Å². The highest BCUT2D eigenvalue weighted by Crippen LogP contribution is 2.28. The summed E-state index contributed by atoms with van der Waals surface area (Å²) in [6, 6.07) is 2.68. The second-order valence-corrected chi connectivity index (χ2v) is 4.14. The molecule has 0 aliphatic carbocycles. The molecule has 78 valence electrons. The molecule has 14 heavy (non-hydrogen) atoms. The Labute approximate surface area is 85.7 Å². The van der Waals surface area contributed by atoms with Crippen LogP contribution in [0.15, 0.2) is 0 Å². The summed E-state index contributed by atoms with van der Waals surface area (Å²) in [5.41, 5.74) is 0. The van der Waals surface area contributed by atoms with E-state index < -0.39 is 0 Å². The number of hydrogen-bond donors (Lipinski definition) is 0. The summed E-state index contributed by atoms with van der Waals surface area (Å²) in [4.78, 5) is 13.5. The molecule has 0 aromatic rings. The first-order valence-corrected chi connectivity index (χ1v) is 5.32. The maximum Gasteiger partial charge on any atom is 0.223 e. The highest BCUT2D eigenvalue weighted by molar-refractivity contribution is 5.79. The average molecular weight is 194 g/mol. The number of carbonyl (C=O) groups excluding carboxylic acids is 1. The SMILES string of the molecule is CCC(C#N)C1CCC(=O)N1C(C)C. The van der Waals surface area contributed by atoms with Crippen molar-refractivity contribution in [3.63, 3.8) is 0 Å². The van der Waals surface area contributed by atoms with E-state index in [4.69, 9.17) is 5.26 Å². The lowest BCUT2D eigenvalue weighted by atomic mass is 9.96. The van der Waals surface area contributed by atoms with Crippen molar-refractivity contribution in [2.75, 3.05) is 0 Å². The van der Waals surface area contributed by atoms with Crippen LogP contribution in [-0.4, -0.2) is 22.9 Å². The van der Waals surface area contributed by atoms with Crippen molar-refractivity contribution in [1.29, 1.82) is 5.26 Å². The highest BCUT2D eigenvalue weighted by Gasteiger charge is 2.37. The molecular weight excluding hydrogens is 176 g/mol. The summed E-state index contributed by atoms with van der Waals surface area (Å²) < 4.78 is 0. The molecule has 2 unspecified atom stereocenters. The van der Waals surface area contributed by atoms with Crippen molar-refractivity contribution in [2.24, 2.45) is 5.92 Å². The van der Waals surface area contributed by atoms with Crippen molar-refractivity contribution in [2.45, 2.75) is 52.1 Å². The Morgan fingerprint density at radius 1 is 1.64 bits per heavy atom. The Morgan fingerprint density at radius 3 is 2.71 bits per heavy atom. The number of likely N-dealkylation sites (tertiary alicyclic amines) is 1. The molecule has 1 fully saturated rings. The summed E-state index contributed by atoms with van der Waals surface area (Å²) in [5.74, 6) is 0.211. The van der Waals surface area contributed by atoms with E-state index in [9.17, 15) is 4.79 Å². The molecule has 0 N–H and O–H groups in total. The van der Waals surface area contributed by atoms with Crippen LogP contribution >= 0.6 is 0 Å². The molecule has 0 radical (unpaired) electrons. The van der Waals surface area contributed by atoms with Crippen molar-refractivity contribution in [3.05, 3.63) is 0 Å². The van der Waals surface area contributed by atoms with E-state index in [0.717, 1.165) is 12.8 Å². The van der Waals surface area contributed by atoms with E-state index in [-0.39, 0.29) is 23.9 Å². The maximum absolute atomic E-state index is 11.6. The lowest BCUT2D eigenvalue weighted by molar-refractivity contribution is -0.131. The minimum Gasteiger partial charge on any atom is -0.336 e. The van der Waals surface area contributed by atoms with E-state index in [1.165, 1.54) is 0 Å². The van der Waals surface area contributed by atoms with Crippen LogP contribution in [0.4, 0.5) is 0 Å². The molecular formula is C11H18N2O. The third kappa shape index (κ3) is 1.89. The van der Waals surface area contributed by atoms with Crippen molar-refractivity contribution >= 4 is 5.91 Å². The molecule has 2 atom stereocenters. The molecule has 1 aliphatic rings. The van der Waals surface area contributed by atoms with Gasteiger partial charge < -0.3 is 4.90 Å². The molecule has 1 amide bonds. The number of nitriles is 1. The summed E-state index contributed by atoms with van der Waals surface area (Å²) in [5, 5.41) is 8.98. The molecule has 0 saturated carbocycles. The van der Waals surface area contributed by atoms with Crippen molar-refractivity contribution < 1.29 is 4.79 Å². The molecule has 1 heterocycles. The fraction of sp³-hybridized carbons (Fsp3) is 0.818. The monoisotopic (exact) mass is 194 g/mol. The van der Waals surface area contributed by atoms with E-state index in [0.29, 0.717) is 6.42 Å². The number of hydrogen-bond acceptors (Lipinski definition) is 2. The molecule has 0 bridgehead atoms. The van der Waals surface area contributed by atoms with Crippen LogP contribution < -0.4 is 0 Å². The Morgan fingerprint density at radius 2 is 2.29 bits per heavy atom. The van der Waals surface area contributed by atoms with Gasteiger partial charge in [-0.3, -0.25) is 4.79 Å². The van der Waals surface area contributed by atoms with Gasteiger partial charge in [-0.1, -0.05) is 6.92 Å². The molecule has 0 spiro atoms. The van der Waals surface area contributed by atoms with Crippen LogP contribution in [0.1, 0.15) is 40.0 Å². The minimum absolute atomic E-state index is 0.00356. The Balaban J connectivity index is 2.79. The van der Waals surface area contributed by atoms with Gasteiger partial charge >= 0.3 is 0 Å². The van der Waals surface area contributed by atoms with Crippen LogP contribution in [0, 0.1) is 17.2 Å². The zero-order valence-corrected chi connectivity index (χ0v) is 9.16. The van der Waals surface area contributed by atoms with Crippen LogP contribution in [0.25, 0.3) is 0 Å². The minimum atomic E-state index is 0.00356. The molecule has 3 nitrogen and oxygen atoms in total. The molecule has 0 aromatic carbocycles. The van der Waals surface area contributed by atoms with Crippen LogP contribution in [0.3, 0.4) is 0 Å². The number of nitrogens with zero attached hydrogens (tertiary/aromatic N) is 2. The lowest BCUT2D eigenvalue weighted by Crippen LogP contribution is -2.42. The van der Waals surface area contributed by atoms with E-state index in [2.05, 4.69) is 6.07 Å². The number of rotatable bonds is 3. The molecule has 0 aromatic heterocycles. The van der Waals surface area contributed by atoms with Crippen molar-refractivity contribution in [3.8, 4) is 6.07 Å². The van der Waals surface area contributed by atoms with Gasteiger partial charge in [0.25, 0.3) is 0 Å². The quantitative estimate of drug-likeness (QED) is 0.689. The average Bonchev–Trinajstić information content (AvgIpc) is 2.50. The van der Waals surface area contributed by atoms with E-state index >= 15 is 0 Å². The van der Waals surface area contributed by atoms with Crippen LogP contribution in [-0.2, 0) is 4.79 Å². The third-order valence-corrected chi connectivity index (χ3v) is 2.93. The van der Waals surface area contributed by atoms with Gasteiger partial charge in [0.15, 0.2) is 0 Å². The summed E-state index contributed by atoms with van der Waals surface area (Å²) in [6.45, 7) is 6.04. The van der Waals surface area contributed by atoms with Gasteiger partial charge in [-0.2, -0.15) is 5.26 Å². The topological polar surface area (TPSA) is 44.1 Å². The van der Waals surface area contributed by atoms with Crippen LogP contribution in [0.2, 0.25) is 0 Å². The van der Waals surface area contributed by atoms with Gasteiger partial charge in [-0.05, 0) is 26.7 Å². The molecule has 1 aliphatic heterocycles. The van der Waals surface area contributed by atoms with Crippen molar-refractivity contribution in [1.82, 2.24) is 4.90 Å². The second-order valence-electron chi connectivity index (χ2n) is 4.14. The Kier molecular flexibility index (Phi) is 3.51.